The number of phenolic OH excluding ortho intramolecular Hbond substituents is 2. The van der Waals surface area contributed by atoms with E-state index in [1.807, 2.05) is 0 Å². The number of aryl methyl sites for hydroxylation is 3. The highest BCUT2D eigenvalue weighted by atomic mass is 16.7. The van der Waals surface area contributed by atoms with Crippen molar-refractivity contribution >= 4 is 58.4 Å². The molecular formula is C49H55N9O16. The molecule has 3 aromatic heterocycles. The second kappa shape index (κ2) is 20.4. The minimum atomic E-state index is -2.33. The van der Waals surface area contributed by atoms with Crippen molar-refractivity contribution in [3.63, 3.8) is 0 Å². The average molecular weight is 1030 g/mol. The predicted octanol–water partition coefficient (Wildman–Crippen LogP) is 1.64. The van der Waals surface area contributed by atoms with Gasteiger partial charge in [-0.25, -0.2) is 9.78 Å². The molecule has 8 rings (SSSR count). The first-order chi connectivity index (χ1) is 35.1. The van der Waals surface area contributed by atoms with Gasteiger partial charge in [-0.05, 0) is 32.0 Å². The van der Waals surface area contributed by atoms with Gasteiger partial charge in [-0.15, -0.1) is 0 Å². The second-order valence-electron chi connectivity index (χ2n) is 18.2. The lowest BCUT2D eigenvalue weighted by molar-refractivity contribution is -0.250. The third-order valence-electron chi connectivity index (χ3n) is 13.3. The molecule has 0 radical (unpaired) electrons. The first kappa shape index (κ1) is 52.2. The minimum Gasteiger partial charge on any atom is -0.507 e. The number of phenols is 2. The summed E-state index contributed by atoms with van der Waals surface area (Å²) < 4.78 is 26.8. The number of hydrogen-bond acceptors (Lipinski definition) is 18. The normalized spacial score (nSPS) is 21.0. The van der Waals surface area contributed by atoms with Gasteiger partial charge in [0.2, 0.25) is 17.5 Å². The van der Waals surface area contributed by atoms with Crippen LogP contribution in [0.5, 0.6) is 23.0 Å². The molecule has 1 aliphatic heterocycles. The number of hydrogen-bond donors (Lipinski definition) is 10. The van der Waals surface area contributed by atoms with Crippen LogP contribution < -0.4 is 31.3 Å². The van der Waals surface area contributed by atoms with Crippen LogP contribution in [0.3, 0.4) is 0 Å². The lowest BCUT2D eigenvalue weighted by Crippen LogP contribution is -2.54. The van der Waals surface area contributed by atoms with E-state index in [-0.39, 0.29) is 88.4 Å². The number of nitrogens with one attached hydrogen (secondary N) is 5. The SMILES string of the molecule is CNC(=O)c1c(O)c(NC(=O)c2nc(NC(=O)c3cc(NC(=O)CCCN[C@H]4CC(O[C@H]5C[C@](O)(C(=O)OC)Cc6c(O)c7c(c(O)c65)C(=O)c5c(OC)cccc5C7=O)O[C@@H](C)[C@H]4O)cn3C)cn2C)cn1C. The first-order valence-corrected chi connectivity index (χ1v) is 23.2. The highest BCUT2D eigenvalue weighted by Gasteiger charge is 2.51. The minimum absolute atomic E-state index is 0.0144. The molecule has 1 fully saturated rings. The maximum atomic E-state index is 14.0. The van der Waals surface area contributed by atoms with Gasteiger partial charge in [-0.3, -0.25) is 28.8 Å². The predicted molar refractivity (Wildman–Crippen MR) is 258 cm³/mol. The molecule has 25 nitrogen and oxygen atoms in total. The molecule has 392 valence electrons. The van der Waals surface area contributed by atoms with Crippen LogP contribution >= 0.6 is 0 Å². The lowest BCUT2D eigenvalue weighted by atomic mass is 9.73. The largest absolute Gasteiger partial charge is 0.507 e. The topological polar surface area (TPSA) is 345 Å². The number of ketones is 2. The summed E-state index contributed by atoms with van der Waals surface area (Å²) in [6.07, 6.45) is -1.12. The number of fused-ring (bicyclic) bond motifs is 3. The van der Waals surface area contributed by atoms with Crippen LogP contribution in [0.1, 0.15) is 113 Å². The summed E-state index contributed by atoms with van der Waals surface area (Å²) in [4.78, 5) is 96.8. The van der Waals surface area contributed by atoms with E-state index in [4.69, 9.17) is 18.9 Å². The van der Waals surface area contributed by atoms with Gasteiger partial charge in [-0.1, -0.05) is 12.1 Å². The Kier molecular flexibility index (Phi) is 14.4. The summed E-state index contributed by atoms with van der Waals surface area (Å²) in [7, 11) is 8.40. The van der Waals surface area contributed by atoms with Gasteiger partial charge >= 0.3 is 5.97 Å². The van der Waals surface area contributed by atoms with Crippen LogP contribution in [-0.4, -0.2) is 143 Å². The lowest BCUT2D eigenvalue weighted by Gasteiger charge is -2.42. The number of benzene rings is 2. The maximum Gasteiger partial charge on any atom is 0.338 e. The van der Waals surface area contributed by atoms with Gasteiger partial charge in [0, 0.05) is 95.2 Å². The van der Waals surface area contributed by atoms with Gasteiger partial charge in [0.25, 0.3) is 17.7 Å². The third-order valence-corrected chi connectivity index (χ3v) is 13.3. The highest BCUT2D eigenvalue weighted by Crippen LogP contribution is 2.52. The Morgan fingerprint density at radius 3 is 2.31 bits per heavy atom. The molecule has 0 spiro atoms. The fourth-order valence-electron chi connectivity index (χ4n) is 9.71. The van der Waals surface area contributed by atoms with E-state index in [1.54, 1.807) is 14.0 Å². The molecule has 4 heterocycles. The van der Waals surface area contributed by atoms with E-state index in [0.29, 0.717) is 5.69 Å². The van der Waals surface area contributed by atoms with Crippen LogP contribution in [0.2, 0.25) is 0 Å². The van der Waals surface area contributed by atoms with Crippen molar-refractivity contribution in [3.05, 3.63) is 93.4 Å². The summed E-state index contributed by atoms with van der Waals surface area (Å²) in [5, 5.41) is 70.4. The average Bonchev–Trinajstić information content (AvgIpc) is 4.01. The molecule has 25 heteroatoms. The molecule has 4 amide bonds. The number of esters is 1. The number of rotatable bonds is 15. The van der Waals surface area contributed by atoms with Crippen molar-refractivity contribution in [2.45, 2.75) is 75.3 Å². The van der Waals surface area contributed by atoms with Crippen molar-refractivity contribution in [1.29, 1.82) is 0 Å². The summed E-state index contributed by atoms with van der Waals surface area (Å²) in [5.41, 5.74) is -3.59. The van der Waals surface area contributed by atoms with Gasteiger partial charge in [0.15, 0.2) is 34.9 Å². The smallest absolute Gasteiger partial charge is 0.338 e. The molecular weight excluding hydrogens is 971 g/mol. The zero-order valence-corrected chi connectivity index (χ0v) is 41.2. The Hall–Kier alpha value is -8.10. The number of amides is 4. The quantitative estimate of drug-likeness (QED) is 0.0397. The number of aliphatic hydroxyl groups excluding tert-OH is 1. The highest BCUT2D eigenvalue weighted by molar-refractivity contribution is 6.31. The van der Waals surface area contributed by atoms with Crippen molar-refractivity contribution < 1.29 is 78.0 Å². The van der Waals surface area contributed by atoms with Crippen molar-refractivity contribution in [2.24, 2.45) is 21.1 Å². The molecule has 1 saturated heterocycles. The summed E-state index contributed by atoms with van der Waals surface area (Å²) >= 11 is 0. The number of carbonyl (C=O) groups is 7. The van der Waals surface area contributed by atoms with Gasteiger partial charge in [0.05, 0.1) is 54.9 Å². The van der Waals surface area contributed by atoms with E-state index in [1.165, 1.54) is 84.8 Å². The molecule has 0 saturated carbocycles. The number of methoxy groups -OCH3 is 2. The van der Waals surface area contributed by atoms with E-state index in [2.05, 4.69) is 31.6 Å². The Labute approximate surface area is 421 Å². The number of nitrogens with zero attached hydrogens (tertiary/aromatic N) is 4. The maximum absolute atomic E-state index is 14.0. The number of aromatic hydroxyl groups is 3. The van der Waals surface area contributed by atoms with Gasteiger partial charge in [0.1, 0.15) is 28.6 Å². The number of aromatic nitrogens is 4. The van der Waals surface area contributed by atoms with E-state index >= 15 is 0 Å². The molecule has 3 aliphatic rings. The molecule has 1 unspecified atom stereocenters. The van der Waals surface area contributed by atoms with E-state index in [9.17, 15) is 59.1 Å². The molecule has 2 aromatic carbocycles. The van der Waals surface area contributed by atoms with Crippen LogP contribution in [0, 0.1) is 0 Å². The fraction of sp³-hybridized carbons (Fsp3) is 0.388. The molecule has 5 aromatic rings. The van der Waals surface area contributed by atoms with Crippen LogP contribution in [0.15, 0.2) is 42.9 Å². The standard InChI is InChI=1S/C49H55N9O16/c1-21-38(60)25(15-32(73-21)74-29-17-49(70,48(69)72-7)16-24-34(29)43(65)36-35(40(24)62)39(61)23-10-8-11-28(71-6)33(23)42(36)64)51-13-9-12-31(59)52-22-14-27(56(3)18-22)45(66)55-30-20-58(5)44(54-30)47(68)53-26-19-57(4)37(41(26)63)46(67)50-2/h8,10-11,14,18-21,25,29,32,38,51,60,62-63,65,70H,9,12-13,15-17H2,1-7H3,(H,50,67)(H,52,59)(H,53,68)(H,55,66)/t21-,25-,29-,32?,38+,49-/m0/s1. The number of ether oxygens (including phenoxy) is 4. The second-order valence-corrected chi connectivity index (χ2v) is 18.2. The molecule has 74 heavy (non-hydrogen) atoms. The molecule has 6 atom stereocenters. The van der Waals surface area contributed by atoms with E-state index in [0.717, 1.165) is 7.11 Å². The third kappa shape index (κ3) is 9.53. The Morgan fingerprint density at radius 2 is 1.61 bits per heavy atom. The van der Waals surface area contributed by atoms with Crippen LogP contribution in [-0.2, 0) is 51.4 Å². The summed E-state index contributed by atoms with van der Waals surface area (Å²) in [5.74, 6) is -6.91. The Morgan fingerprint density at radius 1 is 0.878 bits per heavy atom. The number of imidazole rings is 1. The summed E-state index contributed by atoms with van der Waals surface area (Å²) in [6.45, 7) is 1.81. The van der Waals surface area contributed by atoms with Crippen molar-refractivity contribution in [2.75, 3.05) is 43.8 Å². The fourth-order valence-corrected chi connectivity index (χ4v) is 9.71. The van der Waals surface area contributed by atoms with Crippen molar-refractivity contribution in [3.8, 4) is 23.0 Å². The first-order valence-electron chi connectivity index (χ1n) is 23.2. The van der Waals surface area contributed by atoms with Crippen LogP contribution in [0.4, 0.5) is 17.2 Å². The zero-order chi connectivity index (χ0) is 53.7. The number of aliphatic hydroxyl groups is 2. The van der Waals surface area contributed by atoms with Gasteiger partial charge < -0.3 is 84.8 Å². The number of carbonyl (C=O) groups excluding carboxylic acids is 7. The molecule has 0 bridgehead atoms. The monoisotopic (exact) mass is 1030 g/mol. The van der Waals surface area contributed by atoms with Gasteiger partial charge in [-0.2, -0.15) is 0 Å². The summed E-state index contributed by atoms with van der Waals surface area (Å²) in [6, 6.07) is 5.09. The molecule has 2 aliphatic carbocycles. The Bertz CT molecular complexity index is 3140. The zero-order valence-electron chi connectivity index (χ0n) is 41.2. The van der Waals surface area contributed by atoms with E-state index < -0.39 is 113 Å². The van der Waals surface area contributed by atoms with Crippen molar-refractivity contribution in [1.82, 2.24) is 29.3 Å². The Balaban J connectivity index is 0.884. The molecule has 10 N–H and O–H groups in total. The van der Waals surface area contributed by atoms with Crippen LogP contribution in [0.25, 0.3) is 0 Å². The number of anilines is 3.